The average Bonchev–Trinajstić information content (AvgIpc) is 2.99. The highest BCUT2D eigenvalue weighted by Gasteiger charge is 2.38. The largest absolute Gasteiger partial charge is 0.381 e. The highest BCUT2D eigenvalue weighted by molar-refractivity contribution is 5.04. The van der Waals surface area contributed by atoms with E-state index in [2.05, 4.69) is 29.9 Å². The van der Waals surface area contributed by atoms with Gasteiger partial charge in [0.1, 0.15) is 0 Å². The third kappa shape index (κ3) is 3.32. The van der Waals surface area contributed by atoms with Crippen molar-refractivity contribution < 1.29 is 4.74 Å². The van der Waals surface area contributed by atoms with Crippen molar-refractivity contribution >= 4 is 0 Å². The lowest BCUT2D eigenvalue weighted by Gasteiger charge is -2.42. The molecule has 106 valence electrons. The highest BCUT2D eigenvalue weighted by Crippen LogP contribution is 2.29. The summed E-state index contributed by atoms with van der Waals surface area (Å²) in [6, 6.07) is 6.06. The third-order valence-electron chi connectivity index (χ3n) is 4.52. The molecule has 2 atom stereocenters. The Balaban J connectivity index is 1.94. The van der Waals surface area contributed by atoms with Crippen molar-refractivity contribution in [2.45, 2.75) is 25.3 Å². The maximum absolute atomic E-state index is 6.04. The zero-order valence-corrected chi connectivity index (χ0v) is 12.0. The summed E-state index contributed by atoms with van der Waals surface area (Å²) in [6.45, 7) is 5.60. The molecule has 1 saturated heterocycles. The Morgan fingerprint density at radius 2 is 2.37 bits per heavy atom. The van der Waals surface area contributed by atoms with Gasteiger partial charge in [0.2, 0.25) is 0 Å². The van der Waals surface area contributed by atoms with Crippen molar-refractivity contribution in [1.82, 2.24) is 9.88 Å². The Bertz CT molecular complexity index is 378. The number of aromatic nitrogens is 1. The topological polar surface area (TPSA) is 51.4 Å². The molecule has 19 heavy (non-hydrogen) atoms. The van der Waals surface area contributed by atoms with Gasteiger partial charge in [-0.1, -0.05) is 6.07 Å². The van der Waals surface area contributed by atoms with E-state index in [-0.39, 0.29) is 5.54 Å². The summed E-state index contributed by atoms with van der Waals surface area (Å²) >= 11 is 0. The molecule has 1 aliphatic heterocycles. The molecule has 0 bridgehead atoms. The fraction of sp³-hybridized carbons (Fsp3) is 0.667. The van der Waals surface area contributed by atoms with Gasteiger partial charge >= 0.3 is 0 Å². The molecule has 2 unspecified atom stereocenters. The smallest absolute Gasteiger partial charge is 0.0513 e. The summed E-state index contributed by atoms with van der Waals surface area (Å²) in [7, 11) is 2.16. The summed E-state index contributed by atoms with van der Waals surface area (Å²) in [5, 5.41) is 0. The van der Waals surface area contributed by atoms with Crippen molar-refractivity contribution in [3.8, 4) is 0 Å². The summed E-state index contributed by atoms with van der Waals surface area (Å²) in [5.41, 5.74) is 7.20. The van der Waals surface area contributed by atoms with Gasteiger partial charge in [0.15, 0.2) is 0 Å². The maximum atomic E-state index is 6.04. The fourth-order valence-electron chi connectivity index (χ4n) is 2.74. The lowest BCUT2D eigenvalue weighted by atomic mass is 9.83. The van der Waals surface area contributed by atoms with Crippen LogP contribution in [0.3, 0.4) is 0 Å². The molecule has 0 aromatic carbocycles. The van der Waals surface area contributed by atoms with E-state index in [1.807, 2.05) is 18.3 Å². The molecule has 4 nitrogen and oxygen atoms in total. The number of rotatable bonds is 6. The quantitative estimate of drug-likeness (QED) is 0.841. The van der Waals surface area contributed by atoms with Crippen LogP contribution in [0.15, 0.2) is 24.4 Å². The van der Waals surface area contributed by atoms with Crippen molar-refractivity contribution in [3.05, 3.63) is 30.1 Å². The van der Waals surface area contributed by atoms with Gasteiger partial charge in [-0.05, 0) is 32.5 Å². The second-order valence-corrected chi connectivity index (χ2v) is 5.61. The van der Waals surface area contributed by atoms with Gasteiger partial charge in [0.05, 0.1) is 6.61 Å². The SMILES string of the molecule is CN(CCc1ccccn1)C(C)(CN)C1CCOC1. The number of hydrogen-bond acceptors (Lipinski definition) is 4. The molecule has 0 aliphatic carbocycles. The lowest BCUT2D eigenvalue weighted by molar-refractivity contribution is 0.0675. The van der Waals surface area contributed by atoms with Crippen LogP contribution < -0.4 is 5.73 Å². The van der Waals surface area contributed by atoms with Crippen molar-refractivity contribution in [2.75, 3.05) is 33.4 Å². The van der Waals surface area contributed by atoms with E-state index in [4.69, 9.17) is 10.5 Å². The Hall–Kier alpha value is -0.970. The van der Waals surface area contributed by atoms with Crippen molar-refractivity contribution in [2.24, 2.45) is 11.7 Å². The minimum atomic E-state index is 0.0191. The summed E-state index contributed by atoms with van der Waals surface area (Å²) < 4.78 is 5.52. The van der Waals surface area contributed by atoms with Crippen molar-refractivity contribution in [1.29, 1.82) is 0 Å². The summed E-state index contributed by atoms with van der Waals surface area (Å²) in [5.74, 6) is 0.534. The minimum Gasteiger partial charge on any atom is -0.381 e. The van der Waals surface area contributed by atoms with Gasteiger partial charge < -0.3 is 10.5 Å². The monoisotopic (exact) mass is 263 g/mol. The Morgan fingerprint density at radius 3 is 2.95 bits per heavy atom. The van der Waals surface area contributed by atoms with E-state index in [1.54, 1.807) is 0 Å². The minimum absolute atomic E-state index is 0.0191. The van der Waals surface area contributed by atoms with E-state index in [1.165, 1.54) is 0 Å². The van der Waals surface area contributed by atoms with Gasteiger partial charge in [-0.3, -0.25) is 9.88 Å². The third-order valence-corrected chi connectivity index (χ3v) is 4.52. The van der Waals surface area contributed by atoms with E-state index in [0.717, 1.165) is 38.3 Å². The Labute approximate surface area is 116 Å². The van der Waals surface area contributed by atoms with Crippen LogP contribution in [0, 0.1) is 5.92 Å². The molecular formula is C15H25N3O. The zero-order chi connectivity index (χ0) is 13.7. The number of ether oxygens (including phenoxy) is 1. The first-order chi connectivity index (χ1) is 9.16. The normalized spacial score (nSPS) is 22.6. The summed E-state index contributed by atoms with van der Waals surface area (Å²) in [6.07, 6.45) is 3.92. The Morgan fingerprint density at radius 1 is 1.53 bits per heavy atom. The summed E-state index contributed by atoms with van der Waals surface area (Å²) in [4.78, 5) is 6.75. The number of nitrogens with two attached hydrogens (primary N) is 1. The molecule has 0 radical (unpaired) electrons. The van der Waals surface area contributed by atoms with E-state index < -0.39 is 0 Å². The number of pyridine rings is 1. The molecule has 2 heterocycles. The molecule has 2 rings (SSSR count). The predicted octanol–water partition coefficient (Wildman–Crippen LogP) is 1.31. The standard InChI is InChI=1S/C15H25N3O/c1-15(12-16,13-7-10-19-11-13)18(2)9-6-14-5-3-4-8-17-14/h3-5,8,13H,6-7,9-12,16H2,1-2H3. The fourth-order valence-corrected chi connectivity index (χ4v) is 2.74. The predicted molar refractivity (Wildman–Crippen MR) is 77.0 cm³/mol. The molecule has 1 fully saturated rings. The van der Waals surface area contributed by atoms with Crippen LogP contribution in [-0.2, 0) is 11.2 Å². The van der Waals surface area contributed by atoms with Gasteiger partial charge in [0, 0.05) is 49.5 Å². The highest BCUT2D eigenvalue weighted by atomic mass is 16.5. The van der Waals surface area contributed by atoms with Crippen LogP contribution >= 0.6 is 0 Å². The van der Waals surface area contributed by atoms with Gasteiger partial charge in [-0.25, -0.2) is 0 Å². The molecular weight excluding hydrogens is 238 g/mol. The van der Waals surface area contributed by atoms with Crippen LogP contribution in [0.1, 0.15) is 19.0 Å². The Kier molecular flexibility index (Phi) is 4.91. The molecule has 2 N–H and O–H groups in total. The van der Waals surface area contributed by atoms with Gasteiger partial charge in [0.25, 0.3) is 0 Å². The van der Waals surface area contributed by atoms with Crippen LogP contribution in [0.4, 0.5) is 0 Å². The van der Waals surface area contributed by atoms with E-state index >= 15 is 0 Å². The number of likely N-dealkylation sites (N-methyl/N-ethyl adjacent to an activating group) is 1. The van der Waals surface area contributed by atoms with E-state index in [9.17, 15) is 0 Å². The molecule has 0 amide bonds. The van der Waals surface area contributed by atoms with Crippen LogP contribution in [0.2, 0.25) is 0 Å². The van der Waals surface area contributed by atoms with Crippen LogP contribution in [0.5, 0.6) is 0 Å². The number of hydrogen-bond donors (Lipinski definition) is 1. The van der Waals surface area contributed by atoms with E-state index in [0.29, 0.717) is 12.5 Å². The first-order valence-electron chi connectivity index (χ1n) is 7.06. The zero-order valence-electron chi connectivity index (χ0n) is 12.0. The molecule has 0 spiro atoms. The second kappa shape index (κ2) is 6.46. The number of nitrogens with zero attached hydrogens (tertiary/aromatic N) is 2. The van der Waals surface area contributed by atoms with Crippen LogP contribution in [0.25, 0.3) is 0 Å². The molecule has 1 aromatic rings. The first kappa shape index (κ1) is 14.4. The first-order valence-corrected chi connectivity index (χ1v) is 7.06. The molecule has 0 saturated carbocycles. The second-order valence-electron chi connectivity index (χ2n) is 5.61. The lowest BCUT2D eigenvalue weighted by Crippen LogP contribution is -2.55. The van der Waals surface area contributed by atoms with Crippen LogP contribution in [-0.4, -0.2) is 48.8 Å². The molecule has 1 aromatic heterocycles. The molecule has 4 heteroatoms. The molecule has 1 aliphatic rings. The van der Waals surface area contributed by atoms with Gasteiger partial charge in [-0.2, -0.15) is 0 Å². The maximum Gasteiger partial charge on any atom is 0.0513 e. The average molecular weight is 263 g/mol. The van der Waals surface area contributed by atoms with Gasteiger partial charge in [-0.15, -0.1) is 0 Å². The van der Waals surface area contributed by atoms with Crippen molar-refractivity contribution in [3.63, 3.8) is 0 Å².